The van der Waals surface area contributed by atoms with Gasteiger partial charge in [-0.15, -0.1) is 0 Å². The van der Waals surface area contributed by atoms with Crippen LogP contribution < -0.4 is 10.2 Å². The first-order chi connectivity index (χ1) is 12.4. The molecule has 4 rings (SSSR count). The Kier molecular flexibility index (Phi) is 5.31. The minimum Gasteiger partial charge on any atom is -0.371 e. The molecule has 0 bridgehead atoms. The Labute approximate surface area is 151 Å². The maximum absolute atomic E-state index is 4.40. The topological polar surface area (TPSA) is 28.2 Å². The summed E-state index contributed by atoms with van der Waals surface area (Å²) in [5.41, 5.74) is 5.81. The van der Waals surface area contributed by atoms with Crippen LogP contribution in [0.25, 0.3) is 0 Å². The lowest BCUT2D eigenvalue weighted by Crippen LogP contribution is -2.42. The Morgan fingerprint density at radius 2 is 1.92 bits per heavy atom. The maximum atomic E-state index is 4.40. The second-order valence-electron chi connectivity index (χ2n) is 7.45. The molecule has 1 aliphatic heterocycles. The van der Waals surface area contributed by atoms with Crippen LogP contribution >= 0.6 is 0 Å². The number of rotatable bonds is 6. The van der Waals surface area contributed by atoms with Gasteiger partial charge in [0.25, 0.3) is 0 Å². The number of piperidine rings is 1. The van der Waals surface area contributed by atoms with Crippen molar-refractivity contribution in [1.29, 1.82) is 0 Å². The maximum Gasteiger partial charge on any atom is 0.0404 e. The number of pyridine rings is 1. The number of aromatic nitrogens is 1. The summed E-state index contributed by atoms with van der Waals surface area (Å²) >= 11 is 0. The molecule has 0 atom stereocenters. The summed E-state index contributed by atoms with van der Waals surface area (Å²) in [5.74, 6) is 0. The van der Waals surface area contributed by atoms with Crippen LogP contribution in [0.3, 0.4) is 0 Å². The van der Waals surface area contributed by atoms with Crippen LogP contribution in [0, 0.1) is 0 Å². The summed E-state index contributed by atoms with van der Waals surface area (Å²) in [6.07, 6.45) is 10.5. The molecule has 2 aromatic rings. The molecular weight excluding hydrogens is 306 g/mol. The van der Waals surface area contributed by atoms with E-state index in [0.717, 1.165) is 13.0 Å². The second-order valence-corrected chi connectivity index (χ2v) is 7.45. The van der Waals surface area contributed by atoms with Crippen molar-refractivity contribution in [3.05, 3.63) is 59.4 Å². The first kappa shape index (κ1) is 16.6. The van der Waals surface area contributed by atoms with Crippen molar-refractivity contribution in [2.45, 2.75) is 51.0 Å². The van der Waals surface area contributed by atoms with Crippen LogP contribution in [0.2, 0.25) is 0 Å². The van der Waals surface area contributed by atoms with E-state index in [2.05, 4.69) is 45.5 Å². The molecule has 2 aliphatic rings. The van der Waals surface area contributed by atoms with Gasteiger partial charge in [0, 0.05) is 36.7 Å². The van der Waals surface area contributed by atoms with Crippen molar-refractivity contribution in [2.75, 3.05) is 24.5 Å². The molecule has 2 heterocycles. The van der Waals surface area contributed by atoms with Crippen molar-refractivity contribution >= 4 is 5.69 Å². The highest BCUT2D eigenvalue weighted by atomic mass is 15.1. The molecule has 3 nitrogen and oxygen atoms in total. The molecule has 1 aromatic carbocycles. The van der Waals surface area contributed by atoms with E-state index in [0.29, 0.717) is 6.04 Å². The number of aryl methyl sites for hydroxylation is 3. The Morgan fingerprint density at radius 3 is 2.76 bits per heavy atom. The first-order valence-electron chi connectivity index (χ1n) is 9.88. The summed E-state index contributed by atoms with van der Waals surface area (Å²) in [4.78, 5) is 6.97. The van der Waals surface area contributed by atoms with E-state index in [-0.39, 0.29) is 0 Å². The minimum atomic E-state index is 0.675. The number of hydrogen-bond donors (Lipinski definition) is 1. The number of fused-ring (bicyclic) bond motifs is 1. The van der Waals surface area contributed by atoms with Gasteiger partial charge in [0.15, 0.2) is 0 Å². The normalized spacial score (nSPS) is 17.7. The number of hydrogen-bond acceptors (Lipinski definition) is 3. The highest BCUT2D eigenvalue weighted by Crippen LogP contribution is 2.28. The van der Waals surface area contributed by atoms with Crippen molar-refractivity contribution in [3.63, 3.8) is 0 Å². The molecule has 0 spiro atoms. The monoisotopic (exact) mass is 335 g/mol. The van der Waals surface area contributed by atoms with Crippen LogP contribution in [-0.4, -0.2) is 30.7 Å². The smallest absolute Gasteiger partial charge is 0.0404 e. The fourth-order valence-corrected chi connectivity index (χ4v) is 4.22. The van der Waals surface area contributed by atoms with Gasteiger partial charge in [0.05, 0.1) is 0 Å². The molecule has 132 valence electrons. The number of nitrogens with zero attached hydrogens (tertiary/aromatic N) is 2. The van der Waals surface area contributed by atoms with E-state index >= 15 is 0 Å². The third-order valence-electron chi connectivity index (χ3n) is 5.71. The molecule has 0 unspecified atom stereocenters. The van der Waals surface area contributed by atoms with Gasteiger partial charge in [-0.2, -0.15) is 0 Å². The predicted molar refractivity (Wildman–Crippen MR) is 104 cm³/mol. The molecule has 1 saturated heterocycles. The molecule has 0 saturated carbocycles. The Balaban J connectivity index is 1.19. The van der Waals surface area contributed by atoms with Crippen LogP contribution in [0.5, 0.6) is 0 Å². The SMILES string of the molecule is c1ccc(CCCNC2CCN(c3ccc4c(c3)CCC4)CC2)nc1. The summed E-state index contributed by atoms with van der Waals surface area (Å²) in [5, 5.41) is 3.75. The van der Waals surface area contributed by atoms with Crippen molar-refractivity contribution < 1.29 is 0 Å². The van der Waals surface area contributed by atoms with Gasteiger partial charge in [0.1, 0.15) is 0 Å². The summed E-state index contributed by atoms with van der Waals surface area (Å²) in [7, 11) is 0. The van der Waals surface area contributed by atoms with Crippen LogP contribution in [-0.2, 0) is 19.3 Å². The Morgan fingerprint density at radius 1 is 1.04 bits per heavy atom. The largest absolute Gasteiger partial charge is 0.371 e. The standard InChI is InChI=1S/C22H29N3/c1-2-13-23-20(7-1)8-4-14-24-21-11-15-25(16-12-21)22-10-9-18-5-3-6-19(18)17-22/h1-2,7,9-10,13,17,21,24H,3-6,8,11-12,14-16H2. The molecule has 1 fully saturated rings. The Bertz CT molecular complexity index is 675. The lowest BCUT2D eigenvalue weighted by atomic mass is 10.0. The van der Waals surface area contributed by atoms with E-state index in [1.54, 1.807) is 11.1 Å². The van der Waals surface area contributed by atoms with E-state index in [1.165, 1.54) is 63.0 Å². The molecule has 1 aliphatic carbocycles. The van der Waals surface area contributed by atoms with E-state index in [9.17, 15) is 0 Å². The predicted octanol–water partition coefficient (Wildman–Crippen LogP) is 3.76. The zero-order valence-corrected chi connectivity index (χ0v) is 15.1. The van der Waals surface area contributed by atoms with Gasteiger partial charge < -0.3 is 10.2 Å². The number of nitrogens with one attached hydrogen (secondary N) is 1. The highest BCUT2D eigenvalue weighted by molar-refractivity contribution is 5.52. The fraction of sp³-hybridized carbons (Fsp3) is 0.500. The Hall–Kier alpha value is -1.87. The molecule has 1 aromatic heterocycles. The van der Waals surface area contributed by atoms with E-state index in [4.69, 9.17) is 0 Å². The summed E-state index contributed by atoms with van der Waals surface area (Å²) in [6.45, 7) is 3.45. The van der Waals surface area contributed by atoms with Gasteiger partial charge in [-0.3, -0.25) is 4.98 Å². The number of anilines is 1. The van der Waals surface area contributed by atoms with E-state index in [1.807, 2.05) is 12.3 Å². The molecular formula is C22H29N3. The van der Waals surface area contributed by atoms with Crippen molar-refractivity contribution in [3.8, 4) is 0 Å². The first-order valence-corrected chi connectivity index (χ1v) is 9.88. The zero-order chi connectivity index (χ0) is 16.9. The van der Waals surface area contributed by atoms with Crippen LogP contribution in [0.4, 0.5) is 5.69 Å². The molecule has 0 radical (unpaired) electrons. The number of benzene rings is 1. The fourth-order valence-electron chi connectivity index (χ4n) is 4.22. The van der Waals surface area contributed by atoms with Gasteiger partial charge in [0.2, 0.25) is 0 Å². The van der Waals surface area contributed by atoms with E-state index < -0.39 is 0 Å². The highest BCUT2D eigenvalue weighted by Gasteiger charge is 2.20. The zero-order valence-electron chi connectivity index (χ0n) is 15.1. The van der Waals surface area contributed by atoms with Gasteiger partial charge in [-0.25, -0.2) is 0 Å². The third kappa shape index (κ3) is 4.21. The van der Waals surface area contributed by atoms with Crippen molar-refractivity contribution in [1.82, 2.24) is 10.3 Å². The van der Waals surface area contributed by atoms with Gasteiger partial charge >= 0.3 is 0 Å². The second kappa shape index (κ2) is 8.01. The average molecular weight is 335 g/mol. The molecule has 0 amide bonds. The summed E-state index contributed by atoms with van der Waals surface area (Å²) in [6, 6.07) is 14.0. The van der Waals surface area contributed by atoms with Gasteiger partial charge in [-0.1, -0.05) is 12.1 Å². The third-order valence-corrected chi connectivity index (χ3v) is 5.71. The lowest BCUT2D eigenvalue weighted by molar-refractivity contribution is 0.412. The van der Waals surface area contributed by atoms with Gasteiger partial charge in [-0.05, 0) is 86.9 Å². The van der Waals surface area contributed by atoms with Crippen molar-refractivity contribution in [2.24, 2.45) is 0 Å². The molecule has 3 heteroatoms. The minimum absolute atomic E-state index is 0.675. The van der Waals surface area contributed by atoms with Crippen LogP contribution in [0.1, 0.15) is 42.5 Å². The average Bonchev–Trinajstić information content (AvgIpc) is 3.14. The lowest BCUT2D eigenvalue weighted by Gasteiger charge is -2.34. The van der Waals surface area contributed by atoms with Crippen LogP contribution in [0.15, 0.2) is 42.6 Å². The molecule has 25 heavy (non-hydrogen) atoms. The quantitative estimate of drug-likeness (QED) is 0.815. The summed E-state index contributed by atoms with van der Waals surface area (Å²) < 4.78 is 0. The molecule has 1 N–H and O–H groups in total.